The van der Waals surface area contributed by atoms with E-state index >= 15 is 0 Å². The normalized spacial score (nSPS) is 11.9. The van der Waals surface area contributed by atoms with E-state index in [1.54, 1.807) is 49.6 Å². The number of likely N-dealkylation sites (N-methyl/N-ethyl adjacent to an activating group) is 1. The van der Waals surface area contributed by atoms with Crippen LogP contribution in [-0.4, -0.2) is 51.4 Å². The Balaban J connectivity index is 2.09. The summed E-state index contributed by atoms with van der Waals surface area (Å²) in [6, 6.07) is 21.7. The van der Waals surface area contributed by atoms with Crippen LogP contribution in [0.5, 0.6) is 5.75 Å². The molecule has 9 heteroatoms. The van der Waals surface area contributed by atoms with Crippen LogP contribution < -0.4 is 14.4 Å². The molecular weight excluding hydrogens is 514 g/mol. The smallest absolute Gasteiger partial charge is 0.264 e. The number of ether oxygens (including phenoxy) is 1. The third-order valence-electron chi connectivity index (χ3n) is 6.48. The molecule has 3 rings (SSSR count). The fourth-order valence-corrected chi connectivity index (χ4v) is 5.94. The Hall–Kier alpha value is -3.85. The molecule has 208 valence electrons. The van der Waals surface area contributed by atoms with Gasteiger partial charge < -0.3 is 15.0 Å². The van der Waals surface area contributed by atoms with Gasteiger partial charge in [-0.2, -0.15) is 0 Å². The number of sulfonamides is 1. The van der Waals surface area contributed by atoms with Crippen molar-refractivity contribution < 1.29 is 22.7 Å². The highest BCUT2D eigenvalue weighted by Gasteiger charge is 2.34. The molecule has 3 aromatic rings. The lowest BCUT2D eigenvalue weighted by Crippen LogP contribution is -2.52. The number of hydrogen-bond acceptors (Lipinski definition) is 5. The second-order valence-corrected chi connectivity index (χ2v) is 10.9. The highest BCUT2D eigenvalue weighted by molar-refractivity contribution is 7.92. The van der Waals surface area contributed by atoms with Crippen molar-refractivity contribution in [2.75, 3.05) is 24.5 Å². The predicted molar refractivity (Wildman–Crippen MR) is 153 cm³/mol. The highest BCUT2D eigenvalue weighted by atomic mass is 32.2. The number of hydrogen-bond donors (Lipinski definition) is 1. The van der Waals surface area contributed by atoms with Gasteiger partial charge in [0.2, 0.25) is 11.8 Å². The summed E-state index contributed by atoms with van der Waals surface area (Å²) in [5.74, 6) is -0.153. The summed E-state index contributed by atoms with van der Waals surface area (Å²) >= 11 is 0. The van der Waals surface area contributed by atoms with Gasteiger partial charge >= 0.3 is 0 Å². The second kappa shape index (κ2) is 13.8. The summed E-state index contributed by atoms with van der Waals surface area (Å²) in [7, 11) is -2.54. The average molecular weight is 552 g/mol. The van der Waals surface area contributed by atoms with E-state index in [2.05, 4.69) is 5.32 Å². The molecule has 39 heavy (non-hydrogen) atoms. The zero-order valence-corrected chi connectivity index (χ0v) is 23.8. The minimum atomic E-state index is -4.10. The molecule has 2 amide bonds. The molecule has 1 N–H and O–H groups in total. The van der Waals surface area contributed by atoms with E-state index in [4.69, 9.17) is 4.74 Å². The van der Waals surface area contributed by atoms with Crippen molar-refractivity contribution >= 4 is 27.5 Å². The Kier molecular flexibility index (Phi) is 10.5. The van der Waals surface area contributed by atoms with Crippen molar-refractivity contribution in [3.8, 4) is 5.75 Å². The van der Waals surface area contributed by atoms with Gasteiger partial charge in [0.05, 0.1) is 17.7 Å². The lowest BCUT2D eigenvalue weighted by molar-refractivity contribution is -0.140. The Morgan fingerprint density at radius 3 is 2.26 bits per heavy atom. The van der Waals surface area contributed by atoms with Gasteiger partial charge in [0.15, 0.2) is 0 Å². The molecule has 0 aromatic heterocycles. The van der Waals surface area contributed by atoms with Gasteiger partial charge in [0, 0.05) is 13.1 Å². The minimum absolute atomic E-state index is 0.0822. The third kappa shape index (κ3) is 7.17. The first-order valence-electron chi connectivity index (χ1n) is 13.1. The fourth-order valence-electron chi connectivity index (χ4n) is 4.47. The SMILES string of the molecule is CCNC(=O)C(CC)N(Cc1cccc(OC)c1)C(=O)CN(c1ccccc1CC)S(=O)(=O)c1ccccc1. The van der Waals surface area contributed by atoms with Gasteiger partial charge in [0.25, 0.3) is 10.0 Å². The van der Waals surface area contributed by atoms with Crippen molar-refractivity contribution in [2.24, 2.45) is 0 Å². The molecule has 0 saturated heterocycles. The quantitative estimate of drug-likeness (QED) is 0.340. The second-order valence-electron chi connectivity index (χ2n) is 9.00. The largest absolute Gasteiger partial charge is 0.497 e. The van der Waals surface area contributed by atoms with Crippen molar-refractivity contribution in [1.82, 2.24) is 10.2 Å². The van der Waals surface area contributed by atoms with Crippen LogP contribution in [0.1, 0.15) is 38.3 Å². The van der Waals surface area contributed by atoms with Crippen LogP contribution in [0, 0.1) is 0 Å². The van der Waals surface area contributed by atoms with Gasteiger partial charge in [-0.3, -0.25) is 13.9 Å². The molecule has 0 spiro atoms. The summed E-state index contributed by atoms with van der Waals surface area (Å²) in [5.41, 5.74) is 1.99. The fraction of sp³-hybridized carbons (Fsp3) is 0.333. The highest BCUT2D eigenvalue weighted by Crippen LogP contribution is 2.28. The molecule has 0 bridgehead atoms. The summed E-state index contributed by atoms with van der Waals surface area (Å²) < 4.78 is 34.4. The number of aryl methyl sites for hydroxylation is 1. The number of rotatable bonds is 13. The topological polar surface area (TPSA) is 96.0 Å². The van der Waals surface area contributed by atoms with Crippen LogP contribution in [0.25, 0.3) is 0 Å². The van der Waals surface area contributed by atoms with Gasteiger partial charge in [-0.15, -0.1) is 0 Å². The van der Waals surface area contributed by atoms with E-state index < -0.39 is 28.5 Å². The lowest BCUT2D eigenvalue weighted by Gasteiger charge is -2.33. The van der Waals surface area contributed by atoms with Gasteiger partial charge in [-0.25, -0.2) is 8.42 Å². The number of carbonyl (C=O) groups excluding carboxylic acids is 2. The number of methoxy groups -OCH3 is 1. The molecule has 0 radical (unpaired) electrons. The molecule has 0 aliphatic rings. The van der Waals surface area contributed by atoms with E-state index in [-0.39, 0.29) is 17.3 Å². The molecule has 3 aromatic carbocycles. The van der Waals surface area contributed by atoms with E-state index in [1.165, 1.54) is 17.0 Å². The van der Waals surface area contributed by atoms with Crippen LogP contribution in [0.15, 0.2) is 83.8 Å². The maximum Gasteiger partial charge on any atom is 0.264 e. The van der Waals surface area contributed by atoms with Crippen molar-refractivity contribution in [3.05, 3.63) is 90.0 Å². The van der Waals surface area contributed by atoms with Crippen LogP contribution >= 0.6 is 0 Å². The van der Waals surface area contributed by atoms with Crippen molar-refractivity contribution in [3.63, 3.8) is 0 Å². The summed E-state index contributed by atoms with van der Waals surface area (Å²) in [4.78, 5) is 28.7. The molecule has 0 aliphatic heterocycles. The Morgan fingerprint density at radius 2 is 1.62 bits per heavy atom. The monoisotopic (exact) mass is 551 g/mol. The zero-order chi connectivity index (χ0) is 28.4. The van der Waals surface area contributed by atoms with Gasteiger partial charge in [-0.05, 0) is 61.2 Å². The van der Waals surface area contributed by atoms with E-state index in [9.17, 15) is 18.0 Å². The molecule has 1 unspecified atom stereocenters. The first-order valence-corrected chi connectivity index (χ1v) is 14.6. The average Bonchev–Trinajstić information content (AvgIpc) is 2.96. The number of anilines is 1. The number of benzene rings is 3. The lowest BCUT2D eigenvalue weighted by atomic mass is 10.1. The standard InChI is InChI=1S/C30H37N3O5S/c1-5-24-15-11-12-19-28(24)33(39(36,37)26-17-9-8-10-18-26)22-29(34)32(27(6-2)30(35)31-7-3)21-23-14-13-16-25(20-23)38-4/h8-20,27H,5-7,21-22H2,1-4H3,(H,31,35). The maximum atomic E-state index is 14.1. The number of nitrogens with one attached hydrogen (secondary N) is 1. The maximum absolute atomic E-state index is 14.1. The Bertz CT molecular complexity index is 1360. The molecular formula is C30H37N3O5S. The predicted octanol–water partition coefficient (Wildman–Crippen LogP) is 4.40. The number of carbonyl (C=O) groups is 2. The van der Waals surface area contributed by atoms with E-state index in [0.29, 0.717) is 30.8 Å². The van der Waals surface area contributed by atoms with Crippen LogP contribution in [0.3, 0.4) is 0 Å². The molecule has 0 heterocycles. The van der Waals surface area contributed by atoms with Crippen molar-refractivity contribution in [1.29, 1.82) is 0 Å². The molecule has 1 atom stereocenters. The Morgan fingerprint density at radius 1 is 0.923 bits per heavy atom. The third-order valence-corrected chi connectivity index (χ3v) is 8.25. The number of amides is 2. The summed E-state index contributed by atoms with van der Waals surface area (Å²) in [6.07, 6.45) is 0.938. The van der Waals surface area contributed by atoms with Crippen LogP contribution in [0.2, 0.25) is 0 Å². The Labute approximate surface area is 231 Å². The first-order chi connectivity index (χ1) is 18.8. The molecule has 0 aliphatic carbocycles. The molecule has 0 saturated carbocycles. The molecule has 0 fully saturated rings. The summed E-state index contributed by atoms with van der Waals surface area (Å²) in [6.45, 7) is 5.64. The molecule has 8 nitrogen and oxygen atoms in total. The van der Waals surface area contributed by atoms with Crippen LogP contribution in [-0.2, 0) is 32.6 Å². The summed E-state index contributed by atoms with van der Waals surface area (Å²) in [5, 5.41) is 2.81. The minimum Gasteiger partial charge on any atom is -0.497 e. The number of para-hydroxylation sites is 1. The van der Waals surface area contributed by atoms with Crippen LogP contribution in [0.4, 0.5) is 5.69 Å². The zero-order valence-electron chi connectivity index (χ0n) is 23.0. The van der Waals surface area contributed by atoms with Crippen molar-refractivity contribution in [2.45, 2.75) is 51.1 Å². The van der Waals surface area contributed by atoms with Gasteiger partial charge in [-0.1, -0.05) is 62.4 Å². The van der Waals surface area contributed by atoms with E-state index in [0.717, 1.165) is 15.4 Å². The van der Waals surface area contributed by atoms with E-state index in [1.807, 2.05) is 45.0 Å². The van der Waals surface area contributed by atoms with Gasteiger partial charge in [0.1, 0.15) is 18.3 Å². The first kappa shape index (κ1) is 29.7. The number of nitrogens with zero attached hydrogens (tertiary/aromatic N) is 2.